The van der Waals surface area contributed by atoms with E-state index in [4.69, 9.17) is 25.8 Å². The quantitative estimate of drug-likeness (QED) is 0.831. The van der Waals surface area contributed by atoms with E-state index in [1.54, 1.807) is 0 Å². The molecule has 4 nitrogen and oxygen atoms in total. The minimum atomic E-state index is -0.243. The number of nitrogens with zero attached hydrogens (tertiary/aromatic N) is 2. The van der Waals surface area contributed by atoms with E-state index >= 15 is 0 Å². The van der Waals surface area contributed by atoms with Crippen LogP contribution in [0, 0.1) is 0 Å². The average molecular weight is 333 g/mol. The summed E-state index contributed by atoms with van der Waals surface area (Å²) in [6.45, 7) is 1.42. The molecule has 1 saturated carbocycles. The van der Waals surface area contributed by atoms with Crippen LogP contribution >= 0.6 is 11.6 Å². The zero-order valence-electron chi connectivity index (χ0n) is 13.1. The Balaban J connectivity index is 1.72. The zero-order valence-corrected chi connectivity index (χ0v) is 13.9. The lowest BCUT2D eigenvalue weighted by molar-refractivity contribution is 0.0523. The Hall–Kier alpha value is -1.39. The van der Waals surface area contributed by atoms with E-state index in [1.807, 2.05) is 12.1 Å². The summed E-state index contributed by atoms with van der Waals surface area (Å²) < 4.78 is 11.3. The molecule has 23 heavy (non-hydrogen) atoms. The lowest BCUT2D eigenvalue weighted by Crippen LogP contribution is -2.35. The fourth-order valence-electron chi connectivity index (χ4n) is 3.89. The molecule has 1 aromatic carbocycles. The molecule has 2 heterocycles. The maximum atomic E-state index is 6.06. The van der Waals surface area contributed by atoms with Gasteiger partial charge in [-0.25, -0.2) is 0 Å². The van der Waals surface area contributed by atoms with Gasteiger partial charge in [-0.3, -0.25) is 0 Å². The van der Waals surface area contributed by atoms with Gasteiger partial charge in [0.1, 0.15) is 0 Å². The van der Waals surface area contributed by atoms with Gasteiger partial charge in [-0.2, -0.15) is 4.98 Å². The Morgan fingerprint density at radius 1 is 1.04 bits per heavy atom. The molecule has 2 fully saturated rings. The molecule has 0 unspecified atom stereocenters. The predicted octanol–water partition coefficient (Wildman–Crippen LogP) is 4.48. The molecular formula is C18H21ClN2O2. The summed E-state index contributed by atoms with van der Waals surface area (Å²) >= 11 is 6.06. The van der Waals surface area contributed by atoms with Crippen LogP contribution in [0.15, 0.2) is 28.8 Å². The van der Waals surface area contributed by atoms with Crippen molar-refractivity contribution in [2.24, 2.45) is 0 Å². The van der Waals surface area contributed by atoms with Crippen molar-refractivity contribution in [1.82, 2.24) is 10.1 Å². The second-order valence-corrected chi connectivity index (χ2v) is 7.08. The van der Waals surface area contributed by atoms with Gasteiger partial charge in [0.2, 0.25) is 5.89 Å². The Morgan fingerprint density at radius 3 is 2.43 bits per heavy atom. The molecule has 0 atom stereocenters. The number of rotatable bonds is 3. The Labute approximate surface area is 141 Å². The summed E-state index contributed by atoms with van der Waals surface area (Å²) in [7, 11) is 0. The standard InChI is InChI=1S/C18H21ClN2O2/c19-15-7-5-14(6-8-15)18(9-11-22-12-10-18)17-20-16(21-23-17)13-3-1-2-4-13/h5-8,13H,1-4,9-12H2. The summed E-state index contributed by atoms with van der Waals surface area (Å²) in [6.07, 6.45) is 6.61. The van der Waals surface area contributed by atoms with E-state index in [0.29, 0.717) is 19.1 Å². The largest absolute Gasteiger partial charge is 0.381 e. The monoisotopic (exact) mass is 332 g/mol. The molecule has 122 valence electrons. The molecule has 0 N–H and O–H groups in total. The molecule has 5 heteroatoms. The van der Waals surface area contributed by atoms with Crippen molar-refractivity contribution in [3.63, 3.8) is 0 Å². The molecule has 1 aromatic heterocycles. The first-order chi connectivity index (χ1) is 11.3. The van der Waals surface area contributed by atoms with Crippen LogP contribution < -0.4 is 0 Å². The third-order valence-corrected chi connectivity index (χ3v) is 5.57. The fourth-order valence-corrected chi connectivity index (χ4v) is 4.02. The molecular weight excluding hydrogens is 312 g/mol. The van der Waals surface area contributed by atoms with Crippen LogP contribution in [0.2, 0.25) is 5.02 Å². The first-order valence-electron chi connectivity index (χ1n) is 8.46. The first-order valence-corrected chi connectivity index (χ1v) is 8.84. The van der Waals surface area contributed by atoms with Crippen LogP contribution in [-0.2, 0) is 10.2 Å². The second-order valence-electron chi connectivity index (χ2n) is 6.64. The van der Waals surface area contributed by atoms with Gasteiger partial charge in [-0.05, 0) is 43.4 Å². The number of aromatic nitrogens is 2. The maximum absolute atomic E-state index is 6.06. The highest BCUT2D eigenvalue weighted by Crippen LogP contribution is 2.42. The van der Waals surface area contributed by atoms with Crippen LogP contribution in [0.5, 0.6) is 0 Å². The summed E-state index contributed by atoms with van der Waals surface area (Å²) in [5.74, 6) is 2.09. The molecule has 1 saturated heterocycles. The van der Waals surface area contributed by atoms with Crippen LogP contribution in [0.3, 0.4) is 0 Å². The van der Waals surface area contributed by atoms with E-state index in [9.17, 15) is 0 Å². The summed E-state index contributed by atoms with van der Waals surface area (Å²) in [5, 5.41) is 5.05. The van der Waals surface area contributed by atoms with E-state index in [-0.39, 0.29) is 5.41 Å². The van der Waals surface area contributed by atoms with Crippen LogP contribution in [0.25, 0.3) is 0 Å². The normalized spacial score (nSPS) is 21.6. The zero-order chi connectivity index (χ0) is 15.7. The summed E-state index contributed by atoms with van der Waals surface area (Å²) in [4.78, 5) is 4.82. The third-order valence-electron chi connectivity index (χ3n) is 5.31. The number of hydrogen-bond donors (Lipinski definition) is 0. The smallest absolute Gasteiger partial charge is 0.237 e. The number of hydrogen-bond acceptors (Lipinski definition) is 4. The number of benzene rings is 1. The van der Waals surface area contributed by atoms with E-state index in [0.717, 1.165) is 29.6 Å². The molecule has 2 aromatic rings. The first kappa shape index (κ1) is 15.2. The van der Waals surface area contributed by atoms with E-state index < -0.39 is 0 Å². The molecule has 2 aliphatic rings. The minimum absolute atomic E-state index is 0.243. The van der Waals surface area contributed by atoms with E-state index in [1.165, 1.54) is 31.2 Å². The minimum Gasteiger partial charge on any atom is -0.381 e. The van der Waals surface area contributed by atoms with Crippen LogP contribution in [-0.4, -0.2) is 23.4 Å². The van der Waals surface area contributed by atoms with Gasteiger partial charge in [0, 0.05) is 24.2 Å². The third kappa shape index (κ3) is 2.79. The Kier molecular flexibility index (Phi) is 4.12. The molecule has 0 amide bonds. The van der Waals surface area contributed by atoms with Gasteiger partial charge in [-0.15, -0.1) is 0 Å². The Bertz CT molecular complexity index is 656. The van der Waals surface area contributed by atoms with Crippen LogP contribution in [0.4, 0.5) is 0 Å². The molecule has 0 bridgehead atoms. The number of ether oxygens (including phenoxy) is 1. The molecule has 1 aliphatic heterocycles. The second kappa shape index (κ2) is 6.25. The Morgan fingerprint density at radius 2 is 1.74 bits per heavy atom. The lowest BCUT2D eigenvalue weighted by atomic mass is 9.74. The van der Waals surface area contributed by atoms with Gasteiger partial charge in [-0.1, -0.05) is 41.7 Å². The van der Waals surface area contributed by atoms with Gasteiger partial charge in [0.15, 0.2) is 5.82 Å². The van der Waals surface area contributed by atoms with Crippen molar-refractivity contribution in [2.45, 2.75) is 49.9 Å². The van der Waals surface area contributed by atoms with Gasteiger partial charge in [0.25, 0.3) is 0 Å². The van der Waals surface area contributed by atoms with Crippen molar-refractivity contribution in [1.29, 1.82) is 0 Å². The van der Waals surface area contributed by atoms with Crippen LogP contribution in [0.1, 0.15) is 61.7 Å². The number of halogens is 1. The summed E-state index contributed by atoms with van der Waals surface area (Å²) in [6, 6.07) is 8.02. The van der Waals surface area contributed by atoms with Gasteiger partial charge in [0.05, 0.1) is 5.41 Å². The highest BCUT2D eigenvalue weighted by molar-refractivity contribution is 6.30. The van der Waals surface area contributed by atoms with Gasteiger partial charge >= 0.3 is 0 Å². The van der Waals surface area contributed by atoms with Crippen molar-refractivity contribution in [3.05, 3.63) is 46.6 Å². The average Bonchev–Trinajstić information content (AvgIpc) is 3.28. The van der Waals surface area contributed by atoms with E-state index in [2.05, 4.69) is 17.3 Å². The molecule has 1 aliphatic carbocycles. The SMILES string of the molecule is Clc1ccc(C2(c3nc(C4CCCC4)no3)CCOCC2)cc1. The molecule has 0 radical (unpaired) electrons. The predicted molar refractivity (Wildman–Crippen MR) is 87.8 cm³/mol. The van der Waals surface area contributed by atoms with Crippen molar-refractivity contribution in [3.8, 4) is 0 Å². The highest BCUT2D eigenvalue weighted by Gasteiger charge is 2.42. The topological polar surface area (TPSA) is 48.2 Å². The molecule has 4 rings (SSSR count). The summed E-state index contributed by atoms with van der Waals surface area (Å²) in [5.41, 5.74) is 0.944. The maximum Gasteiger partial charge on any atom is 0.237 e. The fraction of sp³-hybridized carbons (Fsp3) is 0.556. The van der Waals surface area contributed by atoms with Crippen molar-refractivity contribution in [2.75, 3.05) is 13.2 Å². The highest BCUT2D eigenvalue weighted by atomic mass is 35.5. The van der Waals surface area contributed by atoms with Gasteiger partial charge < -0.3 is 9.26 Å². The lowest BCUT2D eigenvalue weighted by Gasteiger charge is -2.34. The molecule has 0 spiro atoms. The van der Waals surface area contributed by atoms with Crippen molar-refractivity contribution < 1.29 is 9.26 Å². The van der Waals surface area contributed by atoms with Crippen molar-refractivity contribution >= 4 is 11.6 Å².